The molecule has 32 heavy (non-hydrogen) atoms. The van der Waals surface area contributed by atoms with Crippen LogP contribution in [0, 0.1) is 19.8 Å². The molecule has 0 bridgehead atoms. The number of amides is 1. The summed E-state index contributed by atoms with van der Waals surface area (Å²) >= 11 is 7.66. The topological polar surface area (TPSA) is 86.6 Å². The van der Waals surface area contributed by atoms with Gasteiger partial charge in [0.15, 0.2) is 0 Å². The molecule has 7 heteroatoms. The summed E-state index contributed by atoms with van der Waals surface area (Å²) in [7, 11) is 0. The van der Waals surface area contributed by atoms with Gasteiger partial charge in [-0.15, -0.1) is 0 Å². The molecule has 0 saturated heterocycles. The average molecular weight is 482 g/mol. The molecule has 0 aliphatic rings. The fourth-order valence-electron chi connectivity index (χ4n) is 2.49. The second-order valence-corrected chi connectivity index (χ2v) is 9.23. The Balaban J connectivity index is 0.00000104. The highest BCUT2D eigenvalue weighted by Crippen LogP contribution is 2.33. The first-order chi connectivity index (χ1) is 15.1. The third-order valence-corrected chi connectivity index (χ3v) is 5.89. The zero-order chi connectivity index (χ0) is 24.7. The van der Waals surface area contributed by atoms with Crippen molar-refractivity contribution in [3.8, 4) is 0 Å². The molecule has 0 aromatic heterocycles. The number of carbonyl (C=O) groups is 2. The summed E-state index contributed by atoms with van der Waals surface area (Å²) in [5.74, 6) is 2.07. The lowest BCUT2D eigenvalue weighted by Crippen LogP contribution is -2.17. The summed E-state index contributed by atoms with van der Waals surface area (Å²) in [5.41, 5.74) is 4.15. The molecule has 0 aliphatic carbocycles. The minimum atomic E-state index is -0.849. The number of hydrogen-bond donors (Lipinski definition) is 3. The molecule has 2 rings (SSSR count). The van der Waals surface area contributed by atoms with Crippen LogP contribution < -0.4 is 5.32 Å². The third-order valence-electron chi connectivity index (χ3n) is 4.78. The molecule has 2 aromatic carbocycles. The number of aliphatic hydroxyl groups excluding tert-OH is 1. The highest BCUT2D eigenvalue weighted by Gasteiger charge is 2.19. The van der Waals surface area contributed by atoms with E-state index in [-0.39, 0.29) is 12.4 Å². The monoisotopic (exact) mass is 481 g/mol. The maximum absolute atomic E-state index is 12.0. The Hall–Kier alpha value is -2.02. The molecule has 3 N–H and O–H groups in total. The lowest BCUT2D eigenvalue weighted by atomic mass is 9.94. The van der Waals surface area contributed by atoms with Crippen LogP contribution in [-0.2, 0) is 9.59 Å². The maximum atomic E-state index is 12.0. The summed E-state index contributed by atoms with van der Waals surface area (Å²) < 4.78 is 0. The molecule has 178 valence electrons. The Labute approximate surface area is 201 Å². The van der Waals surface area contributed by atoms with Crippen molar-refractivity contribution in [2.75, 3.05) is 16.8 Å². The van der Waals surface area contributed by atoms with Crippen LogP contribution in [0.5, 0.6) is 0 Å². The van der Waals surface area contributed by atoms with E-state index in [0.29, 0.717) is 22.0 Å². The van der Waals surface area contributed by atoms with Gasteiger partial charge in [0.25, 0.3) is 6.47 Å². The van der Waals surface area contributed by atoms with Gasteiger partial charge in [-0.3, -0.25) is 9.59 Å². The van der Waals surface area contributed by atoms with Crippen molar-refractivity contribution in [1.82, 2.24) is 0 Å². The van der Waals surface area contributed by atoms with E-state index in [4.69, 9.17) is 21.5 Å². The lowest BCUT2D eigenvalue weighted by Gasteiger charge is -2.19. The molecule has 0 spiro atoms. The van der Waals surface area contributed by atoms with E-state index >= 15 is 0 Å². The van der Waals surface area contributed by atoms with Gasteiger partial charge in [-0.05, 0) is 60.4 Å². The second-order valence-electron chi connectivity index (χ2n) is 7.52. The standard InChI is InChI=1S/C19H22ClNO2S.C5H12.CH2O2/c1-4-24-11-18(22)21-17-9-8-14(20)10-16(17)19(23)15-7-5-6-12(2)13(15)3;1-4-5(2)3;2-1-3/h5-10,19,23H,4,11H2,1-3H3,(H,21,22);5H,4H2,1-3H3;1H,(H,2,3)/t19-;;/m1../s1. The van der Waals surface area contributed by atoms with Gasteiger partial charge in [-0.2, -0.15) is 11.8 Å². The molecule has 0 unspecified atom stereocenters. The molecule has 0 heterocycles. The number of benzene rings is 2. The zero-order valence-electron chi connectivity index (χ0n) is 19.8. The van der Waals surface area contributed by atoms with Gasteiger partial charge < -0.3 is 15.5 Å². The van der Waals surface area contributed by atoms with Crippen molar-refractivity contribution in [3.63, 3.8) is 0 Å². The van der Waals surface area contributed by atoms with Crippen LogP contribution in [0.3, 0.4) is 0 Å². The molecular formula is C25H36ClNO4S. The minimum absolute atomic E-state index is 0.0846. The molecule has 0 aliphatic heterocycles. The summed E-state index contributed by atoms with van der Waals surface area (Å²) in [5, 5.41) is 21.2. The summed E-state index contributed by atoms with van der Waals surface area (Å²) in [6.07, 6.45) is 0.456. The van der Waals surface area contributed by atoms with E-state index < -0.39 is 6.10 Å². The normalized spacial score (nSPS) is 10.9. The minimum Gasteiger partial charge on any atom is -0.483 e. The van der Waals surface area contributed by atoms with Crippen LogP contribution in [0.25, 0.3) is 0 Å². The molecule has 2 aromatic rings. The number of aliphatic hydroxyl groups is 1. The third kappa shape index (κ3) is 11.0. The van der Waals surface area contributed by atoms with Crippen molar-refractivity contribution in [3.05, 3.63) is 63.7 Å². The van der Waals surface area contributed by atoms with E-state index in [1.165, 1.54) is 6.42 Å². The van der Waals surface area contributed by atoms with E-state index in [9.17, 15) is 9.90 Å². The Morgan fingerprint density at radius 1 is 1.16 bits per heavy atom. The van der Waals surface area contributed by atoms with Crippen LogP contribution in [0.2, 0.25) is 5.02 Å². The number of hydrogen-bond acceptors (Lipinski definition) is 4. The fraction of sp³-hybridized carbons (Fsp3) is 0.440. The average Bonchev–Trinajstić information content (AvgIpc) is 2.76. The van der Waals surface area contributed by atoms with Crippen LogP contribution in [0.15, 0.2) is 36.4 Å². The highest BCUT2D eigenvalue weighted by atomic mass is 35.5. The Kier molecular flexibility index (Phi) is 15.5. The first-order valence-corrected chi connectivity index (χ1v) is 12.1. The van der Waals surface area contributed by atoms with E-state index in [1.54, 1.807) is 30.0 Å². The van der Waals surface area contributed by atoms with Crippen LogP contribution in [0.1, 0.15) is 62.5 Å². The van der Waals surface area contributed by atoms with Crippen molar-refractivity contribution >= 4 is 41.4 Å². The van der Waals surface area contributed by atoms with E-state index in [0.717, 1.165) is 28.4 Å². The fourth-order valence-corrected chi connectivity index (χ4v) is 3.13. The zero-order valence-corrected chi connectivity index (χ0v) is 21.4. The van der Waals surface area contributed by atoms with Gasteiger partial charge in [0.05, 0.1) is 5.75 Å². The van der Waals surface area contributed by atoms with Gasteiger partial charge in [-0.1, -0.05) is 63.9 Å². The van der Waals surface area contributed by atoms with Gasteiger partial charge in [0.2, 0.25) is 5.91 Å². The molecule has 0 fully saturated rings. The van der Waals surface area contributed by atoms with Crippen molar-refractivity contribution in [2.24, 2.45) is 5.92 Å². The van der Waals surface area contributed by atoms with E-state index in [1.807, 2.05) is 39.0 Å². The Morgan fingerprint density at radius 2 is 1.75 bits per heavy atom. The molecule has 5 nitrogen and oxygen atoms in total. The van der Waals surface area contributed by atoms with Crippen LogP contribution in [-0.4, -0.2) is 34.1 Å². The smallest absolute Gasteiger partial charge is 0.290 e. The van der Waals surface area contributed by atoms with Gasteiger partial charge in [-0.25, -0.2) is 0 Å². The Bertz CT molecular complexity index is 843. The van der Waals surface area contributed by atoms with Gasteiger partial charge in [0, 0.05) is 16.3 Å². The number of carbonyl (C=O) groups excluding carboxylic acids is 1. The predicted octanol–water partition coefficient (Wildman–Crippen LogP) is 6.48. The highest BCUT2D eigenvalue weighted by molar-refractivity contribution is 7.99. The number of anilines is 1. The molecule has 0 saturated carbocycles. The van der Waals surface area contributed by atoms with Crippen molar-refractivity contribution in [1.29, 1.82) is 0 Å². The number of rotatable bonds is 7. The summed E-state index contributed by atoms with van der Waals surface area (Å²) in [4.78, 5) is 20.4. The summed E-state index contributed by atoms with van der Waals surface area (Å²) in [6.45, 7) is 12.4. The second kappa shape index (κ2) is 16.6. The molecule has 1 atom stereocenters. The number of carboxylic acid groups (broad SMARTS) is 1. The molecule has 0 radical (unpaired) electrons. The van der Waals surface area contributed by atoms with Gasteiger partial charge in [0.1, 0.15) is 6.10 Å². The maximum Gasteiger partial charge on any atom is 0.290 e. The predicted molar refractivity (Wildman–Crippen MR) is 137 cm³/mol. The first-order valence-electron chi connectivity index (χ1n) is 10.6. The number of aryl methyl sites for hydroxylation is 1. The number of halogens is 1. The van der Waals surface area contributed by atoms with Gasteiger partial charge >= 0.3 is 0 Å². The number of nitrogens with one attached hydrogen (secondary N) is 1. The largest absolute Gasteiger partial charge is 0.483 e. The van der Waals surface area contributed by atoms with E-state index in [2.05, 4.69) is 26.1 Å². The van der Waals surface area contributed by atoms with Crippen molar-refractivity contribution < 1.29 is 19.8 Å². The lowest BCUT2D eigenvalue weighted by molar-refractivity contribution is -0.123. The quantitative estimate of drug-likeness (QED) is 0.394. The SMILES string of the molecule is CCC(C)C.CCSCC(=O)Nc1ccc(Cl)cc1[C@H](O)c1cccc(C)c1C.O=CO. The first kappa shape index (κ1) is 30.0. The van der Waals surface area contributed by atoms with Crippen molar-refractivity contribution in [2.45, 2.75) is 54.1 Å². The van der Waals surface area contributed by atoms with Crippen LogP contribution in [0.4, 0.5) is 5.69 Å². The van der Waals surface area contributed by atoms with Crippen LogP contribution >= 0.6 is 23.4 Å². The number of thioether (sulfide) groups is 1. The molecular weight excluding hydrogens is 446 g/mol. The molecule has 1 amide bonds. The summed E-state index contributed by atoms with van der Waals surface area (Å²) in [6, 6.07) is 11.0. The Morgan fingerprint density at radius 3 is 2.28 bits per heavy atom.